The Balaban J connectivity index is 1.40. The third-order valence-corrected chi connectivity index (χ3v) is 8.60. The van der Waals surface area contributed by atoms with Crippen LogP contribution in [-0.4, -0.2) is 44.2 Å². The lowest BCUT2D eigenvalue weighted by molar-refractivity contribution is -0.126. The lowest BCUT2D eigenvalue weighted by Crippen LogP contribution is -2.37. The number of hydrogen-bond donors (Lipinski definition) is 1. The van der Waals surface area contributed by atoms with Crippen LogP contribution in [0.2, 0.25) is 0 Å². The molecule has 2 amide bonds. The summed E-state index contributed by atoms with van der Waals surface area (Å²) in [6.07, 6.45) is 1.87. The van der Waals surface area contributed by atoms with Gasteiger partial charge in [0.1, 0.15) is 0 Å². The summed E-state index contributed by atoms with van der Waals surface area (Å²) in [7, 11) is -3.54. The maximum Gasteiger partial charge on any atom is 0.243 e. The summed E-state index contributed by atoms with van der Waals surface area (Å²) in [6, 6.07) is 16.0. The summed E-state index contributed by atoms with van der Waals surface area (Å²) < 4.78 is 27.4. The molecule has 2 aliphatic rings. The maximum atomic E-state index is 12.9. The van der Waals surface area contributed by atoms with Crippen LogP contribution in [0.15, 0.2) is 59.5 Å². The average Bonchev–Trinajstić information content (AvgIpc) is 3.22. The molecule has 2 heterocycles. The molecule has 2 fully saturated rings. The highest BCUT2D eigenvalue weighted by molar-refractivity contribution is 7.89. The van der Waals surface area contributed by atoms with Crippen molar-refractivity contribution < 1.29 is 18.0 Å². The Hall–Kier alpha value is -2.71. The van der Waals surface area contributed by atoms with Crippen LogP contribution in [-0.2, 0) is 19.6 Å². The summed E-state index contributed by atoms with van der Waals surface area (Å²) in [5.74, 6) is -0.188. The molecule has 0 aromatic heterocycles. The zero-order chi connectivity index (χ0) is 23.6. The first-order chi connectivity index (χ1) is 15.8. The fraction of sp³-hybridized carbons (Fsp3) is 0.440. The van der Waals surface area contributed by atoms with Gasteiger partial charge >= 0.3 is 0 Å². The Bertz CT molecular complexity index is 1090. The average molecular weight is 470 g/mol. The van der Waals surface area contributed by atoms with Gasteiger partial charge in [0.15, 0.2) is 0 Å². The number of benzene rings is 2. The van der Waals surface area contributed by atoms with Crippen LogP contribution in [0, 0.1) is 11.8 Å². The first-order valence-corrected chi connectivity index (χ1v) is 13.0. The van der Waals surface area contributed by atoms with Crippen LogP contribution in [0.1, 0.15) is 44.7 Å². The third kappa shape index (κ3) is 5.12. The van der Waals surface area contributed by atoms with Gasteiger partial charge in [0.05, 0.1) is 16.9 Å². The number of nitrogens with zero attached hydrogens (tertiary/aromatic N) is 2. The van der Waals surface area contributed by atoms with Gasteiger partial charge in [0.2, 0.25) is 21.8 Å². The van der Waals surface area contributed by atoms with Crippen LogP contribution in [0.4, 0.5) is 5.69 Å². The largest absolute Gasteiger partial charge is 0.349 e. The number of rotatable bonds is 6. The predicted molar refractivity (Wildman–Crippen MR) is 127 cm³/mol. The van der Waals surface area contributed by atoms with Crippen LogP contribution >= 0.6 is 0 Å². The molecule has 0 aliphatic carbocycles. The maximum absolute atomic E-state index is 12.9. The molecule has 2 saturated heterocycles. The predicted octanol–water partition coefficient (Wildman–Crippen LogP) is 3.34. The molecule has 4 rings (SSSR count). The van der Waals surface area contributed by atoms with Gasteiger partial charge in [-0.2, -0.15) is 4.31 Å². The van der Waals surface area contributed by atoms with Crippen molar-refractivity contribution >= 4 is 27.5 Å². The molecule has 2 atom stereocenters. The zero-order valence-electron chi connectivity index (χ0n) is 19.1. The first kappa shape index (κ1) is 23.4. The number of piperidine rings is 1. The Kier molecular flexibility index (Phi) is 6.86. The molecule has 0 bridgehead atoms. The zero-order valence-corrected chi connectivity index (χ0v) is 19.9. The minimum Gasteiger partial charge on any atom is -0.349 e. The first-order valence-electron chi connectivity index (χ1n) is 11.5. The third-order valence-electron chi connectivity index (χ3n) is 6.68. The highest BCUT2D eigenvalue weighted by Crippen LogP contribution is 2.29. The van der Waals surface area contributed by atoms with Gasteiger partial charge in [-0.1, -0.05) is 37.3 Å². The minimum atomic E-state index is -3.54. The van der Waals surface area contributed by atoms with Gasteiger partial charge in [0.25, 0.3) is 0 Å². The van der Waals surface area contributed by atoms with Crippen molar-refractivity contribution in [2.24, 2.45) is 11.8 Å². The second-order valence-corrected chi connectivity index (χ2v) is 11.1. The lowest BCUT2D eigenvalue weighted by atomic mass is 10.0. The van der Waals surface area contributed by atoms with Gasteiger partial charge in [-0.25, -0.2) is 8.42 Å². The second-order valence-electron chi connectivity index (χ2n) is 9.13. The van der Waals surface area contributed by atoms with Crippen LogP contribution in [0.3, 0.4) is 0 Å². The molecule has 2 aliphatic heterocycles. The molecule has 7 nitrogen and oxygen atoms in total. The van der Waals surface area contributed by atoms with E-state index in [1.54, 1.807) is 29.2 Å². The molecule has 8 heteroatoms. The van der Waals surface area contributed by atoms with E-state index in [-0.39, 0.29) is 35.7 Å². The molecule has 0 unspecified atom stereocenters. The molecular weight excluding hydrogens is 438 g/mol. The summed E-state index contributed by atoms with van der Waals surface area (Å²) in [6.45, 7) is 5.41. The van der Waals surface area contributed by atoms with E-state index >= 15 is 0 Å². The van der Waals surface area contributed by atoms with E-state index < -0.39 is 15.9 Å². The summed E-state index contributed by atoms with van der Waals surface area (Å²) in [5.41, 5.74) is 1.62. The monoisotopic (exact) mass is 469 g/mol. The Morgan fingerprint density at radius 2 is 1.67 bits per heavy atom. The molecule has 2 aromatic rings. The topological polar surface area (TPSA) is 86.8 Å². The van der Waals surface area contributed by atoms with E-state index in [1.807, 2.05) is 37.3 Å². The van der Waals surface area contributed by atoms with Crippen molar-refractivity contribution in [3.05, 3.63) is 60.2 Å². The molecule has 1 N–H and O–H groups in total. The Morgan fingerprint density at radius 1 is 1.03 bits per heavy atom. The molecular formula is C25H31N3O4S. The quantitative estimate of drug-likeness (QED) is 0.703. The summed E-state index contributed by atoms with van der Waals surface area (Å²) >= 11 is 0. The van der Waals surface area contributed by atoms with Crippen molar-refractivity contribution in [2.75, 3.05) is 24.5 Å². The van der Waals surface area contributed by atoms with Gasteiger partial charge in [-0.15, -0.1) is 0 Å². The highest BCUT2D eigenvalue weighted by atomic mass is 32.2. The van der Waals surface area contributed by atoms with Crippen molar-refractivity contribution in [3.8, 4) is 0 Å². The van der Waals surface area contributed by atoms with E-state index in [0.29, 0.717) is 24.7 Å². The Morgan fingerprint density at radius 3 is 2.30 bits per heavy atom. The second kappa shape index (κ2) is 9.65. The minimum absolute atomic E-state index is 0.136. The van der Waals surface area contributed by atoms with Crippen molar-refractivity contribution in [2.45, 2.75) is 44.0 Å². The van der Waals surface area contributed by atoms with Gasteiger partial charge in [0, 0.05) is 31.7 Å². The van der Waals surface area contributed by atoms with E-state index in [0.717, 1.165) is 18.4 Å². The number of hydrogen-bond acceptors (Lipinski definition) is 4. The number of nitrogens with one attached hydrogen (secondary N) is 1. The molecule has 176 valence electrons. The number of amides is 2. The smallest absolute Gasteiger partial charge is 0.243 e. The van der Waals surface area contributed by atoms with E-state index in [4.69, 9.17) is 0 Å². The Labute approximate surface area is 195 Å². The van der Waals surface area contributed by atoms with Crippen molar-refractivity contribution in [1.82, 2.24) is 9.62 Å². The SMILES string of the molecule is CC1CCN(S(=O)(=O)c2ccc(N3C[C@H](C(=O)N[C@@H](C)c4ccccc4)CC3=O)cc2)CC1. The fourth-order valence-corrected chi connectivity index (χ4v) is 5.93. The van der Waals surface area contributed by atoms with E-state index in [9.17, 15) is 18.0 Å². The summed E-state index contributed by atoms with van der Waals surface area (Å²) in [5, 5.41) is 3.00. The summed E-state index contributed by atoms with van der Waals surface area (Å²) in [4.78, 5) is 27.2. The van der Waals surface area contributed by atoms with Gasteiger partial charge < -0.3 is 10.2 Å². The highest BCUT2D eigenvalue weighted by Gasteiger charge is 2.36. The number of anilines is 1. The number of carbonyl (C=O) groups excluding carboxylic acids is 2. The van der Waals surface area contributed by atoms with E-state index in [2.05, 4.69) is 12.2 Å². The van der Waals surface area contributed by atoms with Crippen molar-refractivity contribution in [3.63, 3.8) is 0 Å². The van der Waals surface area contributed by atoms with Crippen LogP contribution in [0.5, 0.6) is 0 Å². The molecule has 33 heavy (non-hydrogen) atoms. The van der Waals surface area contributed by atoms with Crippen LogP contribution < -0.4 is 10.2 Å². The van der Waals surface area contributed by atoms with E-state index in [1.165, 1.54) is 4.31 Å². The molecule has 2 aromatic carbocycles. The molecule has 0 saturated carbocycles. The van der Waals surface area contributed by atoms with Gasteiger partial charge in [-0.05, 0) is 55.5 Å². The fourth-order valence-electron chi connectivity index (χ4n) is 4.46. The standard InChI is InChI=1S/C25H31N3O4S/c1-18-12-14-27(15-13-18)33(31,32)23-10-8-22(9-11-23)28-17-21(16-24(28)29)25(30)26-19(2)20-6-4-3-5-7-20/h3-11,18-19,21H,12-17H2,1-2H3,(H,26,30)/t19-,21+/m0/s1. The number of sulfonamides is 1. The van der Waals surface area contributed by atoms with Crippen molar-refractivity contribution in [1.29, 1.82) is 0 Å². The van der Waals surface area contributed by atoms with Crippen LogP contribution in [0.25, 0.3) is 0 Å². The molecule has 0 spiro atoms. The van der Waals surface area contributed by atoms with Gasteiger partial charge in [-0.3, -0.25) is 9.59 Å². The normalized spacial score (nSPS) is 21.2. The lowest BCUT2D eigenvalue weighted by Gasteiger charge is -2.29. The number of carbonyl (C=O) groups is 2. The molecule has 0 radical (unpaired) electrons.